The fourth-order valence-corrected chi connectivity index (χ4v) is 7.39. The Kier molecular flexibility index (Phi) is 6.15. The third-order valence-electron chi connectivity index (χ3n) is 9.64. The van der Waals surface area contributed by atoms with Crippen molar-refractivity contribution < 1.29 is 0 Å². The molecule has 0 saturated carbocycles. The predicted octanol–water partition coefficient (Wildman–Crippen LogP) is 11.4. The number of benzene rings is 7. The lowest BCUT2D eigenvalue weighted by Crippen LogP contribution is -1.98. The van der Waals surface area contributed by atoms with Gasteiger partial charge in [0.15, 0.2) is 5.65 Å². The van der Waals surface area contributed by atoms with Gasteiger partial charge in [0.05, 0.1) is 22.2 Å². The van der Waals surface area contributed by atoms with Gasteiger partial charge in [0.1, 0.15) is 5.52 Å². The molecule has 10 aromatic rings. The molecule has 0 N–H and O–H groups in total. The van der Waals surface area contributed by atoms with Gasteiger partial charge in [0, 0.05) is 11.1 Å². The number of hydrogen-bond donors (Lipinski definition) is 0. The highest BCUT2D eigenvalue weighted by Gasteiger charge is 2.24. The summed E-state index contributed by atoms with van der Waals surface area (Å²) in [5.74, 6) is 0.885. The molecule has 3 aromatic heterocycles. The summed E-state index contributed by atoms with van der Waals surface area (Å²) in [7, 11) is 0. The van der Waals surface area contributed by atoms with E-state index in [9.17, 15) is 0 Å². The number of aromatic nitrogens is 4. The third kappa shape index (κ3) is 4.35. The summed E-state index contributed by atoms with van der Waals surface area (Å²) in [6.07, 6.45) is 0. The second-order valence-electron chi connectivity index (χ2n) is 12.5. The first-order valence-electron chi connectivity index (χ1n) is 16.6. The fraction of sp³-hybridized carbons (Fsp3) is 0. The minimum Gasteiger partial charge on any atom is -0.292 e. The zero-order valence-corrected chi connectivity index (χ0v) is 26.6. The fourth-order valence-electron chi connectivity index (χ4n) is 7.39. The smallest absolute Gasteiger partial charge is 0.222 e. The number of para-hydroxylation sites is 3. The maximum absolute atomic E-state index is 5.52. The SMILES string of the molecule is c1ccc(-c2ccc(-n3c4ccccc4c4c3nc3n(-c5cc(-c6ccccc6)cc(-c6ccccc6)c5)c5ccccc5n43)cc2)cc1. The van der Waals surface area contributed by atoms with Crippen molar-refractivity contribution in [3.63, 3.8) is 0 Å². The van der Waals surface area contributed by atoms with Crippen LogP contribution in [0.3, 0.4) is 0 Å². The van der Waals surface area contributed by atoms with E-state index in [0.717, 1.165) is 56.0 Å². The van der Waals surface area contributed by atoms with Crippen molar-refractivity contribution >= 4 is 38.9 Å². The summed E-state index contributed by atoms with van der Waals surface area (Å²) in [5.41, 5.74) is 14.6. The van der Waals surface area contributed by atoms with Crippen LogP contribution in [-0.2, 0) is 0 Å². The molecule has 0 aliphatic rings. The average Bonchev–Trinajstić information content (AvgIpc) is 3.81. The second kappa shape index (κ2) is 11.0. The third-order valence-corrected chi connectivity index (χ3v) is 9.64. The molecule has 0 amide bonds. The summed E-state index contributed by atoms with van der Waals surface area (Å²) in [6.45, 7) is 0. The first-order chi connectivity index (χ1) is 24.3. The molecule has 0 radical (unpaired) electrons. The van der Waals surface area contributed by atoms with Crippen LogP contribution in [0.4, 0.5) is 0 Å². The average molecular weight is 627 g/mol. The minimum atomic E-state index is 0.885. The minimum absolute atomic E-state index is 0.885. The molecule has 3 heterocycles. The van der Waals surface area contributed by atoms with Gasteiger partial charge in [-0.05, 0) is 81.9 Å². The molecule has 4 nitrogen and oxygen atoms in total. The molecule has 0 unspecified atom stereocenters. The molecule has 0 atom stereocenters. The zero-order chi connectivity index (χ0) is 32.3. The van der Waals surface area contributed by atoms with E-state index in [0.29, 0.717) is 0 Å². The van der Waals surface area contributed by atoms with E-state index in [1.54, 1.807) is 0 Å². The van der Waals surface area contributed by atoms with E-state index >= 15 is 0 Å². The van der Waals surface area contributed by atoms with E-state index < -0.39 is 0 Å². The molecule has 0 aliphatic carbocycles. The van der Waals surface area contributed by atoms with E-state index in [4.69, 9.17) is 4.98 Å². The largest absolute Gasteiger partial charge is 0.292 e. The molecule has 230 valence electrons. The maximum atomic E-state index is 5.52. The van der Waals surface area contributed by atoms with Crippen molar-refractivity contribution in [2.24, 2.45) is 0 Å². The van der Waals surface area contributed by atoms with Crippen molar-refractivity contribution in [1.82, 2.24) is 18.5 Å². The second-order valence-corrected chi connectivity index (χ2v) is 12.5. The van der Waals surface area contributed by atoms with E-state index in [-0.39, 0.29) is 0 Å². The van der Waals surface area contributed by atoms with Crippen LogP contribution in [-0.4, -0.2) is 18.5 Å². The molecule has 10 rings (SSSR count). The standard InChI is InChI=1S/C45H30N4/c1-4-14-31(15-5-1)34-24-26-37(27-25-34)47-40-21-11-10-20-39(40)43-44(47)46-45-48(41-22-12-13-23-42(41)49(43)45)38-29-35(32-16-6-2-7-17-32)28-36(30-38)33-18-8-3-9-19-33/h1-30H. The summed E-state index contributed by atoms with van der Waals surface area (Å²) in [6, 6.07) is 64.8. The summed E-state index contributed by atoms with van der Waals surface area (Å²) >= 11 is 0. The Morgan fingerprint density at radius 3 is 1.45 bits per heavy atom. The molecule has 4 heteroatoms. The molecule has 0 fully saturated rings. The first-order valence-corrected chi connectivity index (χ1v) is 16.6. The van der Waals surface area contributed by atoms with Gasteiger partial charge in [-0.1, -0.05) is 133 Å². The number of fused-ring (bicyclic) bond motifs is 7. The summed E-state index contributed by atoms with van der Waals surface area (Å²) in [4.78, 5) is 5.52. The van der Waals surface area contributed by atoms with Crippen LogP contribution in [0.25, 0.3) is 83.6 Å². The molecular weight excluding hydrogens is 597 g/mol. The Labute approximate surface area is 283 Å². The topological polar surface area (TPSA) is 27.2 Å². The Balaban J connectivity index is 1.26. The van der Waals surface area contributed by atoms with Gasteiger partial charge in [-0.2, -0.15) is 4.98 Å². The Hall–Kier alpha value is -6.65. The zero-order valence-electron chi connectivity index (χ0n) is 26.6. The number of imidazole rings is 2. The molecule has 0 saturated heterocycles. The van der Waals surface area contributed by atoms with E-state index in [1.165, 1.54) is 27.6 Å². The van der Waals surface area contributed by atoms with Crippen molar-refractivity contribution in [3.8, 4) is 44.8 Å². The van der Waals surface area contributed by atoms with Gasteiger partial charge in [-0.25, -0.2) is 0 Å². The monoisotopic (exact) mass is 626 g/mol. The van der Waals surface area contributed by atoms with Crippen molar-refractivity contribution in [3.05, 3.63) is 182 Å². The van der Waals surface area contributed by atoms with Gasteiger partial charge >= 0.3 is 0 Å². The molecule has 0 bridgehead atoms. The summed E-state index contributed by atoms with van der Waals surface area (Å²) in [5, 5.41) is 1.17. The van der Waals surface area contributed by atoms with Gasteiger partial charge in [0.25, 0.3) is 0 Å². The van der Waals surface area contributed by atoms with Crippen LogP contribution in [0.15, 0.2) is 182 Å². The normalized spacial score (nSPS) is 11.7. The maximum Gasteiger partial charge on any atom is 0.222 e. The highest BCUT2D eigenvalue weighted by atomic mass is 15.2. The van der Waals surface area contributed by atoms with Gasteiger partial charge in [-0.3, -0.25) is 13.5 Å². The van der Waals surface area contributed by atoms with E-state index in [2.05, 4.69) is 196 Å². The summed E-state index contributed by atoms with van der Waals surface area (Å²) < 4.78 is 6.98. The number of rotatable bonds is 5. The molecule has 0 aliphatic heterocycles. The molecular formula is C45H30N4. The van der Waals surface area contributed by atoms with Gasteiger partial charge in [0.2, 0.25) is 5.78 Å². The van der Waals surface area contributed by atoms with Crippen molar-refractivity contribution in [1.29, 1.82) is 0 Å². The van der Waals surface area contributed by atoms with Crippen LogP contribution in [0, 0.1) is 0 Å². The lowest BCUT2D eigenvalue weighted by molar-refractivity contribution is 1.09. The highest BCUT2D eigenvalue weighted by Crippen LogP contribution is 2.38. The van der Waals surface area contributed by atoms with Crippen LogP contribution in [0.2, 0.25) is 0 Å². The number of hydrogen-bond acceptors (Lipinski definition) is 1. The van der Waals surface area contributed by atoms with E-state index in [1.807, 2.05) is 0 Å². The molecule has 7 aromatic carbocycles. The predicted molar refractivity (Wildman–Crippen MR) is 203 cm³/mol. The Bertz CT molecular complexity index is 2730. The van der Waals surface area contributed by atoms with Crippen LogP contribution in [0.5, 0.6) is 0 Å². The molecule has 49 heavy (non-hydrogen) atoms. The van der Waals surface area contributed by atoms with Crippen LogP contribution in [0.1, 0.15) is 0 Å². The van der Waals surface area contributed by atoms with Gasteiger partial charge < -0.3 is 0 Å². The molecule has 0 spiro atoms. The lowest BCUT2D eigenvalue weighted by atomic mass is 9.98. The van der Waals surface area contributed by atoms with Gasteiger partial charge in [-0.15, -0.1) is 0 Å². The van der Waals surface area contributed by atoms with Crippen LogP contribution >= 0.6 is 0 Å². The van der Waals surface area contributed by atoms with Crippen molar-refractivity contribution in [2.75, 3.05) is 0 Å². The Morgan fingerprint density at radius 1 is 0.347 bits per heavy atom. The highest BCUT2D eigenvalue weighted by molar-refractivity contribution is 6.09. The van der Waals surface area contributed by atoms with Crippen molar-refractivity contribution in [2.45, 2.75) is 0 Å². The Morgan fingerprint density at radius 2 is 0.837 bits per heavy atom. The van der Waals surface area contributed by atoms with Crippen LogP contribution < -0.4 is 0 Å². The number of nitrogens with zero attached hydrogens (tertiary/aromatic N) is 4. The lowest BCUT2D eigenvalue weighted by Gasteiger charge is -2.13. The first kappa shape index (κ1) is 27.5. The quantitative estimate of drug-likeness (QED) is 0.187.